The molecule has 1 aromatic carbocycles. The quantitative estimate of drug-likeness (QED) is 0.875. The summed E-state index contributed by atoms with van der Waals surface area (Å²) in [5.41, 5.74) is 0.749. The van der Waals surface area contributed by atoms with Gasteiger partial charge in [-0.3, -0.25) is 9.69 Å². The Balaban J connectivity index is 1.85. The molecule has 1 N–H and O–H groups in total. The summed E-state index contributed by atoms with van der Waals surface area (Å²) in [7, 11) is 0. The van der Waals surface area contributed by atoms with Gasteiger partial charge in [0.05, 0.1) is 12.6 Å². The van der Waals surface area contributed by atoms with Crippen LogP contribution in [-0.4, -0.2) is 53.5 Å². The molecule has 0 spiro atoms. The highest BCUT2D eigenvalue weighted by molar-refractivity contribution is 5.78. The van der Waals surface area contributed by atoms with E-state index in [-0.39, 0.29) is 17.6 Å². The van der Waals surface area contributed by atoms with Gasteiger partial charge < -0.3 is 10.0 Å². The lowest BCUT2D eigenvalue weighted by Crippen LogP contribution is -2.44. The molecule has 0 aliphatic carbocycles. The molecule has 1 aromatic rings. The van der Waals surface area contributed by atoms with Crippen LogP contribution >= 0.6 is 0 Å². The van der Waals surface area contributed by atoms with Gasteiger partial charge >= 0.3 is 0 Å². The number of aliphatic hydroxyl groups excluding tert-OH is 1. The van der Waals surface area contributed by atoms with Gasteiger partial charge in [-0.15, -0.1) is 0 Å². The summed E-state index contributed by atoms with van der Waals surface area (Å²) in [4.78, 5) is 16.3. The zero-order valence-electron chi connectivity index (χ0n) is 14.0. The van der Waals surface area contributed by atoms with Gasteiger partial charge in [0.25, 0.3) is 0 Å². The van der Waals surface area contributed by atoms with Crippen LogP contribution < -0.4 is 0 Å². The number of halogens is 1. The first-order valence-electron chi connectivity index (χ1n) is 8.48. The third kappa shape index (κ3) is 4.75. The summed E-state index contributed by atoms with van der Waals surface area (Å²) < 4.78 is 13.0. The van der Waals surface area contributed by atoms with E-state index in [1.165, 1.54) is 12.1 Å². The second-order valence-electron chi connectivity index (χ2n) is 6.18. The van der Waals surface area contributed by atoms with E-state index < -0.39 is 6.10 Å². The fourth-order valence-corrected chi connectivity index (χ4v) is 3.14. The van der Waals surface area contributed by atoms with Crippen LogP contribution in [0, 0.1) is 11.7 Å². The molecule has 5 heteroatoms. The van der Waals surface area contributed by atoms with E-state index in [1.807, 2.05) is 4.90 Å². The van der Waals surface area contributed by atoms with Crippen molar-refractivity contribution >= 4 is 5.91 Å². The van der Waals surface area contributed by atoms with Crippen LogP contribution in [-0.2, 0) is 4.79 Å². The number of likely N-dealkylation sites (tertiary alicyclic amines) is 1. The highest BCUT2D eigenvalue weighted by Crippen LogP contribution is 2.30. The maximum atomic E-state index is 13.0. The molecule has 0 aromatic heterocycles. The van der Waals surface area contributed by atoms with Crippen molar-refractivity contribution in [1.82, 2.24) is 9.80 Å². The Bertz CT molecular complexity index is 494. The molecule has 128 valence electrons. The molecule has 1 fully saturated rings. The van der Waals surface area contributed by atoms with Gasteiger partial charge in [-0.05, 0) is 49.5 Å². The molecule has 0 bridgehead atoms. The Labute approximate surface area is 137 Å². The van der Waals surface area contributed by atoms with Crippen molar-refractivity contribution in [3.05, 3.63) is 35.6 Å². The highest BCUT2D eigenvalue weighted by atomic mass is 19.1. The van der Waals surface area contributed by atoms with Crippen molar-refractivity contribution in [2.24, 2.45) is 5.92 Å². The zero-order valence-corrected chi connectivity index (χ0v) is 14.0. The standard InChI is InChI=1S/C18H27FN2O2/c1-3-20(4-2)13-17(22)21-11-9-15(10-12-21)18(23)14-5-7-16(19)8-6-14/h5-8,15,18,23H,3-4,9-13H2,1-2H3. The number of carbonyl (C=O) groups is 1. The zero-order chi connectivity index (χ0) is 16.8. The van der Waals surface area contributed by atoms with Crippen LogP contribution in [0.15, 0.2) is 24.3 Å². The van der Waals surface area contributed by atoms with Crippen molar-refractivity contribution < 1.29 is 14.3 Å². The third-order valence-corrected chi connectivity index (χ3v) is 4.80. The minimum atomic E-state index is -0.587. The Morgan fingerprint density at radius 3 is 2.35 bits per heavy atom. The predicted octanol–water partition coefficient (Wildman–Crippen LogP) is 2.44. The number of amides is 1. The molecule has 1 aliphatic rings. The summed E-state index contributed by atoms with van der Waals surface area (Å²) >= 11 is 0. The van der Waals surface area contributed by atoms with E-state index in [2.05, 4.69) is 18.7 Å². The Morgan fingerprint density at radius 2 is 1.83 bits per heavy atom. The first-order chi connectivity index (χ1) is 11.0. The monoisotopic (exact) mass is 322 g/mol. The van der Waals surface area contributed by atoms with Crippen LogP contribution in [0.5, 0.6) is 0 Å². The minimum Gasteiger partial charge on any atom is -0.388 e. The van der Waals surface area contributed by atoms with Crippen molar-refractivity contribution in [1.29, 1.82) is 0 Å². The molecule has 1 heterocycles. The van der Waals surface area contributed by atoms with Crippen LogP contribution in [0.3, 0.4) is 0 Å². The number of carbonyl (C=O) groups excluding carboxylic acids is 1. The average molecular weight is 322 g/mol. The lowest BCUT2D eigenvalue weighted by Gasteiger charge is -2.35. The van der Waals surface area contributed by atoms with Gasteiger partial charge in [0.2, 0.25) is 5.91 Å². The van der Waals surface area contributed by atoms with Gasteiger partial charge in [-0.1, -0.05) is 26.0 Å². The first-order valence-corrected chi connectivity index (χ1v) is 8.48. The lowest BCUT2D eigenvalue weighted by atomic mass is 9.87. The largest absolute Gasteiger partial charge is 0.388 e. The number of hydrogen-bond acceptors (Lipinski definition) is 3. The Hall–Kier alpha value is -1.46. The Morgan fingerprint density at radius 1 is 1.26 bits per heavy atom. The summed E-state index contributed by atoms with van der Waals surface area (Å²) in [6, 6.07) is 6.03. The van der Waals surface area contributed by atoms with Crippen molar-refractivity contribution in [2.75, 3.05) is 32.7 Å². The number of piperidine rings is 1. The van der Waals surface area contributed by atoms with Crippen LogP contribution in [0.4, 0.5) is 4.39 Å². The predicted molar refractivity (Wildman–Crippen MR) is 88.5 cm³/mol. The first kappa shape index (κ1) is 17.9. The molecule has 0 radical (unpaired) electrons. The van der Waals surface area contributed by atoms with Crippen LogP contribution in [0.2, 0.25) is 0 Å². The van der Waals surface area contributed by atoms with E-state index in [1.54, 1.807) is 12.1 Å². The average Bonchev–Trinajstić information content (AvgIpc) is 2.59. The number of hydrogen-bond donors (Lipinski definition) is 1. The maximum absolute atomic E-state index is 13.0. The van der Waals surface area contributed by atoms with Crippen LogP contribution in [0.1, 0.15) is 38.4 Å². The van der Waals surface area contributed by atoms with E-state index >= 15 is 0 Å². The molecule has 1 atom stereocenters. The molecule has 23 heavy (non-hydrogen) atoms. The molecule has 1 amide bonds. The van der Waals surface area contributed by atoms with Crippen molar-refractivity contribution in [3.63, 3.8) is 0 Å². The number of benzene rings is 1. The Kier molecular flexibility index (Phi) is 6.54. The normalized spacial score (nSPS) is 17.5. The molecule has 1 saturated heterocycles. The second-order valence-corrected chi connectivity index (χ2v) is 6.18. The smallest absolute Gasteiger partial charge is 0.236 e. The van der Waals surface area contributed by atoms with Crippen molar-refractivity contribution in [3.8, 4) is 0 Å². The molecular weight excluding hydrogens is 295 g/mol. The number of likely N-dealkylation sites (N-methyl/N-ethyl adjacent to an activating group) is 1. The van der Waals surface area contributed by atoms with Crippen molar-refractivity contribution in [2.45, 2.75) is 32.8 Å². The minimum absolute atomic E-state index is 0.123. The molecule has 1 aliphatic heterocycles. The lowest BCUT2D eigenvalue weighted by molar-refractivity contribution is -0.134. The fourth-order valence-electron chi connectivity index (χ4n) is 3.14. The van der Waals surface area contributed by atoms with Crippen LogP contribution in [0.25, 0.3) is 0 Å². The summed E-state index contributed by atoms with van der Waals surface area (Å²) in [6.45, 7) is 7.71. The van der Waals surface area contributed by atoms with Gasteiger partial charge in [0, 0.05) is 13.1 Å². The SMILES string of the molecule is CCN(CC)CC(=O)N1CCC(C(O)c2ccc(F)cc2)CC1. The van der Waals surface area contributed by atoms with E-state index in [4.69, 9.17) is 0 Å². The molecule has 0 saturated carbocycles. The highest BCUT2D eigenvalue weighted by Gasteiger charge is 2.28. The van der Waals surface area contributed by atoms with Gasteiger partial charge in [0.1, 0.15) is 5.82 Å². The van der Waals surface area contributed by atoms with E-state index in [0.717, 1.165) is 31.5 Å². The summed E-state index contributed by atoms with van der Waals surface area (Å²) in [5, 5.41) is 10.4. The second kappa shape index (κ2) is 8.41. The number of rotatable bonds is 6. The number of nitrogens with zero attached hydrogens (tertiary/aromatic N) is 2. The fraction of sp³-hybridized carbons (Fsp3) is 0.611. The van der Waals surface area contributed by atoms with Gasteiger partial charge in [-0.25, -0.2) is 4.39 Å². The molecule has 4 nitrogen and oxygen atoms in total. The third-order valence-electron chi connectivity index (χ3n) is 4.80. The van der Waals surface area contributed by atoms with Gasteiger partial charge in [-0.2, -0.15) is 0 Å². The van der Waals surface area contributed by atoms with Gasteiger partial charge in [0.15, 0.2) is 0 Å². The van der Waals surface area contributed by atoms with E-state index in [0.29, 0.717) is 19.6 Å². The summed E-state index contributed by atoms with van der Waals surface area (Å²) in [5.74, 6) is -0.000782. The molecule has 1 unspecified atom stereocenters. The maximum Gasteiger partial charge on any atom is 0.236 e. The molecular formula is C18H27FN2O2. The topological polar surface area (TPSA) is 43.8 Å². The summed E-state index contributed by atoms with van der Waals surface area (Å²) in [6.07, 6.45) is 0.973. The number of aliphatic hydroxyl groups is 1. The van der Waals surface area contributed by atoms with E-state index in [9.17, 15) is 14.3 Å². The molecule has 2 rings (SSSR count).